The maximum atomic E-state index is 5.97. The van der Waals surface area contributed by atoms with Crippen LogP contribution in [0.4, 0.5) is 0 Å². The first-order chi connectivity index (χ1) is 11.2. The number of thioether (sulfide) groups is 2. The Hall–Kier alpha value is -0.580. The molecule has 1 aromatic carbocycles. The lowest BCUT2D eigenvalue weighted by molar-refractivity contribution is 0.571. The van der Waals surface area contributed by atoms with Crippen LogP contribution in [-0.4, -0.2) is 24.6 Å². The Balaban J connectivity index is 1.61. The van der Waals surface area contributed by atoms with Gasteiger partial charge >= 0.3 is 0 Å². The van der Waals surface area contributed by atoms with Gasteiger partial charge in [0.1, 0.15) is 0 Å². The zero-order chi connectivity index (χ0) is 16.1. The van der Waals surface area contributed by atoms with Gasteiger partial charge in [0, 0.05) is 35.0 Å². The van der Waals surface area contributed by atoms with Crippen molar-refractivity contribution in [1.29, 1.82) is 0 Å². The van der Waals surface area contributed by atoms with Crippen LogP contribution in [-0.2, 0) is 13.0 Å². The van der Waals surface area contributed by atoms with Crippen LogP contribution >= 0.6 is 35.1 Å². The van der Waals surface area contributed by atoms with Crippen molar-refractivity contribution in [3.8, 4) is 0 Å². The average Bonchev–Trinajstić information content (AvgIpc) is 3.20. The van der Waals surface area contributed by atoms with Gasteiger partial charge in [-0.15, -0.1) is 23.5 Å². The van der Waals surface area contributed by atoms with Crippen LogP contribution in [0.25, 0.3) is 0 Å². The fourth-order valence-corrected chi connectivity index (χ4v) is 6.98. The van der Waals surface area contributed by atoms with E-state index in [0.29, 0.717) is 4.08 Å². The summed E-state index contributed by atoms with van der Waals surface area (Å²) in [6, 6.07) is 8.28. The van der Waals surface area contributed by atoms with Crippen LogP contribution < -0.4 is 0 Å². The second-order valence-corrected chi connectivity index (χ2v) is 9.87. The summed E-state index contributed by atoms with van der Waals surface area (Å²) >= 11 is 10.3. The Kier molecular flexibility index (Phi) is 6.00. The molecule has 2 atom stereocenters. The minimum absolute atomic E-state index is 0.299. The zero-order valence-electron chi connectivity index (χ0n) is 13.5. The maximum Gasteiger partial charge on any atom is 0.0946 e. The topological polar surface area (TPSA) is 17.8 Å². The third kappa shape index (κ3) is 4.71. The third-order valence-corrected chi connectivity index (χ3v) is 8.42. The molecule has 0 aliphatic carbocycles. The smallest absolute Gasteiger partial charge is 0.0946 e. The predicted octanol–water partition coefficient (Wildman–Crippen LogP) is 5.51. The number of imidazole rings is 1. The lowest BCUT2D eigenvalue weighted by atomic mass is 10.1. The molecule has 1 fully saturated rings. The Bertz CT molecular complexity index is 600. The molecule has 0 radical (unpaired) electrons. The van der Waals surface area contributed by atoms with Gasteiger partial charge < -0.3 is 4.57 Å². The number of halogens is 1. The molecule has 0 bridgehead atoms. The first-order valence-corrected chi connectivity index (χ1v) is 10.5. The number of nitrogens with zero attached hydrogens (tertiary/aromatic N) is 2. The van der Waals surface area contributed by atoms with Gasteiger partial charge in [-0.1, -0.05) is 30.7 Å². The summed E-state index contributed by atoms with van der Waals surface area (Å²) in [5.74, 6) is 1.27. The van der Waals surface area contributed by atoms with Crippen molar-refractivity contribution in [1.82, 2.24) is 9.55 Å². The summed E-state index contributed by atoms with van der Waals surface area (Å²) in [6.45, 7) is 3.36. The molecule has 5 heteroatoms. The van der Waals surface area contributed by atoms with Gasteiger partial charge in [-0.3, -0.25) is 0 Å². The van der Waals surface area contributed by atoms with Crippen LogP contribution in [0.5, 0.6) is 0 Å². The van der Waals surface area contributed by atoms with Gasteiger partial charge in [-0.05, 0) is 43.4 Å². The summed E-state index contributed by atoms with van der Waals surface area (Å²) in [5, 5.41) is 1.61. The molecular weight excluding hydrogens is 344 g/mol. The second-order valence-electron chi connectivity index (χ2n) is 6.08. The number of benzene rings is 1. The summed E-state index contributed by atoms with van der Waals surface area (Å²) in [5.41, 5.74) is 1.38. The van der Waals surface area contributed by atoms with Crippen LogP contribution in [0.3, 0.4) is 0 Å². The van der Waals surface area contributed by atoms with Crippen LogP contribution in [0.1, 0.15) is 31.7 Å². The fourth-order valence-electron chi connectivity index (χ4n) is 2.98. The van der Waals surface area contributed by atoms with E-state index in [2.05, 4.69) is 58.3 Å². The highest BCUT2D eigenvalue weighted by Gasteiger charge is 2.39. The summed E-state index contributed by atoms with van der Waals surface area (Å²) in [7, 11) is 0. The van der Waals surface area contributed by atoms with Gasteiger partial charge in [-0.2, -0.15) is 0 Å². The quantitative estimate of drug-likeness (QED) is 0.643. The van der Waals surface area contributed by atoms with E-state index in [-0.39, 0.29) is 0 Å². The number of hydrogen-bond acceptors (Lipinski definition) is 3. The maximum absolute atomic E-state index is 5.97. The van der Waals surface area contributed by atoms with Crippen molar-refractivity contribution in [2.45, 2.75) is 48.5 Å². The normalized spacial score (nSPS) is 24.2. The third-order valence-electron chi connectivity index (χ3n) is 4.29. The lowest BCUT2D eigenvalue weighted by Crippen LogP contribution is -2.25. The molecule has 1 aliphatic rings. The summed E-state index contributed by atoms with van der Waals surface area (Å²) in [4.78, 5) is 4.20. The molecule has 0 N–H and O–H groups in total. The van der Waals surface area contributed by atoms with E-state index in [0.717, 1.165) is 23.2 Å². The van der Waals surface area contributed by atoms with Crippen molar-refractivity contribution < 1.29 is 0 Å². The molecule has 1 aromatic heterocycles. The Morgan fingerprint density at radius 2 is 2.17 bits per heavy atom. The standard InChI is InChI=1S/C18H23ClN2S2/c1-2-17-12-22-18(23-17,13-21-11-10-20-14-21)9-3-4-15-5-7-16(19)8-6-15/h5-8,10-11,14,17H,2-4,9,12-13H2,1H3. The van der Waals surface area contributed by atoms with Crippen LogP contribution in [0.2, 0.25) is 5.02 Å². The van der Waals surface area contributed by atoms with Gasteiger partial charge in [-0.25, -0.2) is 4.98 Å². The van der Waals surface area contributed by atoms with Gasteiger partial charge in [0.2, 0.25) is 0 Å². The summed E-state index contributed by atoms with van der Waals surface area (Å²) < 4.78 is 2.54. The number of aromatic nitrogens is 2. The zero-order valence-corrected chi connectivity index (χ0v) is 15.8. The van der Waals surface area contributed by atoms with Gasteiger partial charge in [0.25, 0.3) is 0 Å². The lowest BCUT2D eigenvalue weighted by Gasteiger charge is -2.28. The number of hydrogen-bond donors (Lipinski definition) is 0. The molecule has 2 nitrogen and oxygen atoms in total. The molecule has 0 spiro atoms. The second kappa shape index (κ2) is 8.00. The first kappa shape index (κ1) is 17.2. The average molecular weight is 367 g/mol. The molecule has 124 valence electrons. The van der Waals surface area contributed by atoms with Crippen molar-refractivity contribution in [3.63, 3.8) is 0 Å². The van der Waals surface area contributed by atoms with E-state index in [1.165, 1.54) is 30.6 Å². The van der Waals surface area contributed by atoms with E-state index in [9.17, 15) is 0 Å². The molecule has 2 aromatic rings. The molecule has 0 saturated carbocycles. The molecule has 3 rings (SSSR count). The van der Waals surface area contributed by atoms with E-state index in [4.69, 9.17) is 11.6 Å². The van der Waals surface area contributed by atoms with E-state index >= 15 is 0 Å². The molecule has 1 saturated heterocycles. The van der Waals surface area contributed by atoms with Crippen molar-refractivity contribution in [3.05, 3.63) is 53.6 Å². The van der Waals surface area contributed by atoms with Crippen LogP contribution in [0, 0.1) is 0 Å². The minimum atomic E-state index is 0.299. The molecule has 2 unspecified atom stereocenters. The van der Waals surface area contributed by atoms with Crippen LogP contribution in [0.15, 0.2) is 43.0 Å². The van der Waals surface area contributed by atoms with Crippen molar-refractivity contribution in [2.24, 2.45) is 0 Å². The monoisotopic (exact) mass is 366 g/mol. The van der Waals surface area contributed by atoms with E-state index in [1.807, 2.05) is 24.7 Å². The van der Waals surface area contributed by atoms with Gasteiger partial charge in [0.15, 0.2) is 0 Å². The predicted molar refractivity (Wildman–Crippen MR) is 103 cm³/mol. The van der Waals surface area contributed by atoms with Crippen molar-refractivity contribution in [2.75, 3.05) is 5.75 Å². The molecule has 23 heavy (non-hydrogen) atoms. The van der Waals surface area contributed by atoms with Crippen molar-refractivity contribution >= 4 is 35.1 Å². The SMILES string of the molecule is CCC1CSC(CCCc2ccc(Cl)cc2)(Cn2ccnc2)S1. The number of rotatable bonds is 7. The first-order valence-electron chi connectivity index (χ1n) is 8.21. The van der Waals surface area contributed by atoms with E-state index < -0.39 is 0 Å². The molecular formula is C18H23ClN2S2. The highest BCUT2D eigenvalue weighted by molar-refractivity contribution is 8.21. The Morgan fingerprint density at radius 1 is 1.35 bits per heavy atom. The van der Waals surface area contributed by atoms with Gasteiger partial charge in [0.05, 0.1) is 10.4 Å². The largest absolute Gasteiger partial charge is 0.335 e. The molecule has 2 heterocycles. The highest BCUT2D eigenvalue weighted by Crippen LogP contribution is 2.52. The minimum Gasteiger partial charge on any atom is -0.335 e. The Labute approximate surface area is 152 Å². The highest BCUT2D eigenvalue weighted by atomic mass is 35.5. The summed E-state index contributed by atoms with van der Waals surface area (Å²) in [6.07, 6.45) is 10.7. The van der Waals surface area contributed by atoms with E-state index in [1.54, 1.807) is 0 Å². The molecule has 1 aliphatic heterocycles. The fraction of sp³-hybridized carbons (Fsp3) is 0.500. The number of aryl methyl sites for hydroxylation is 1. The molecule has 0 amide bonds. The Morgan fingerprint density at radius 3 is 2.83 bits per heavy atom.